The molecule has 1 rings (SSSR count). The van der Waals surface area contributed by atoms with Crippen LogP contribution in [0.4, 0.5) is 13.2 Å². The zero-order valence-electron chi connectivity index (χ0n) is 6.06. The molecule has 68 valence electrons. The molecule has 0 aliphatic heterocycles. The van der Waals surface area contributed by atoms with Gasteiger partial charge in [0, 0.05) is 6.20 Å². The minimum absolute atomic E-state index is 0.363. The molecule has 2 nitrogen and oxygen atoms in total. The normalized spacial score (nSPS) is 11.0. The van der Waals surface area contributed by atoms with E-state index >= 15 is 0 Å². The summed E-state index contributed by atoms with van der Waals surface area (Å²) in [5, 5.41) is 8.43. The fraction of sp³-hybridized carbons (Fsp3) is 0.143. The highest BCUT2D eigenvalue weighted by Crippen LogP contribution is 2.31. The summed E-state index contributed by atoms with van der Waals surface area (Å²) in [5.41, 5.74) is -1.39. The van der Waals surface area contributed by atoms with Crippen LogP contribution in [-0.4, -0.2) is 4.98 Å². The summed E-state index contributed by atoms with van der Waals surface area (Å²) in [6.07, 6.45) is -3.84. The molecular formula is C7H2F3IN2. The van der Waals surface area contributed by atoms with Crippen molar-refractivity contribution in [2.45, 2.75) is 6.18 Å². The molecule has 0 unspecified atom stereocenters. The van der Waals surface area contributed by atoms with E-state index in [-0.39, 0.29) is 0 Å². The third kappa shape index (κ3) is 2.30. The maximum absolute atomic E-state index is 12.2. The highest BCUT2D eigenvalue weighted by Gasteiger charge is 2.34. The lowest BCUT2D eigenvalue weighted by Crippen LogP contribution is -2.08. The van der Waals surface area contributed by atoms with Crippen LogP contribution in [0.15, 0.2) is 12.3 Å². The molecule has 1 aromatic heterocycles. The van der Waals surface area contributed by atoms with Crippen molar-refractivity contribution in [2.24, 2.45) is 0 Å². The Bertz CT molecular complexity index is 367. The van der Waals surface area contributed by atoms with E-state index in [9.17, 15) is 13.2 Å². The summed E-state index contributed by atoms with van der Waals surface area (Å²) in [6.45, 7) is 0. The molecule has 0 aromatic carbocycles. The molecule has 0 amide bonds. The third-order valence-electron chi connectivity index (χ3n) is 1.30. The Kier molecular flexibility index (Phi) is 2.75. The van der Waals surface area contributed by atoms with Gasteiger partial charge in [0.15, 0.2) is 0 Å². The van der Waals surface area contributed by atoms with Crippen molar-refractivity contribution in [3.8, 4) is 6.07 Å². The van der Waals surface area contributed by atoms with E-state index in [2.05, 4.69) is 4.98 Å². The van der Waals surface area contributed by atoms with Crippen molar-refractivity contribution >= 4 is 22.6 Å². The van der Waals surface area contributed by atoms with Crippen LogP contribution in [0.1, 0.15) is 11.1 Å². The van der Waals surface area contributed by atoms with Gasteiger partial charge in [-0.2, -0.15) is 18.4 Å². The van der Waals surface area contributed by atoms with Gasteiger partial charge in [0.05, 0.1) is 17.2 Å². The van der Waals surface area contributed by atoms with E-state index in [1.807, 2.05) is 0 Å². The van der Waals surface area contributed by atoms with Gasteiger partial charge in [0.2, 0.25) is 0 Å². The highest BCUT2D eigenvalue weighted by atomic mass is 127. The molecule has 0 saturated heterocycles. The van der Waals surface area contributed by atoms with E-state index in [4.69, 9.17) is 5.26 Å². The minimum Gasteiger partial charge on any atom is -0.250 e. The maximum Gasteiger partial charge on any atom is 0.419 e. The standard InChI is InChI=1S/C7H2F3IN2/c8-7(9,10)5-3-13-6(11)1-4(5)2-12/h1,3H. The topological polar surface area (TPSA) is 36.7 Å². The minimum atomic E-state index is -4.51. The summed E-state index contributed by atoms with van der Waals surface area (Å²) in [4.78, 5) is 3.47. The molecule has 0 fully saturated rings. The van der Waals surface area contributed by atoms with Gasteiger partial charge in [0.1, 0.15) is 3.70 Å². The predicted octanol–water partition coefficient (Wildman–Crippen LogP) is 2.58. The van der Waals surface area contributed by atoms with Crippen molar-refractivity contribution in [1.82, 2.24) is 4.98 Å². The number of pyridine rings is 1. The number of aromatic nitrogens is 1. The van der Waals surface area contributed by atoms with Crippen LogP contribution >= 0.6 is 22.6 Å². The largest absolute Gasteiger partial charge is 0.419 e. The smallest absolute Gasteiger partial charge is 0.250 e. The highest BCUT2D eigenvalue weighted by molar-refractivity contribution is 14.1. The third-order valence-corrected chi connectivity index (χ3v) is 1.89. The van der Waals surface area contributed by atoms with Crippen molar-refractivity contribution in [3.05, 3.63) is 27.1 Å². The van der Waals surface area contributed by atoms with Crippen LogP contribution in [0.5, 0.6) is 0 Å². The fourth-order valence-electron chi connectivity index (χ4n) is 0.748. The van der Waals surface area contributed by atoms with Gasteiger partial charge in [-0.25, -0.2) is 4.98 Å². The van der Waals surface area contributed by atoms with Gasteiger partial charge < -0.3 is 0 Å². The van der Waals surface area contributed by atoms with Crippen molar-refractivity contribution in [1.29, 1.82) is 5.26 Å². The van der Waals surface area contributed by atoms with E-state index in [1.54, 1.807) is 22.6 Å². The van der Waals surface area contributed by atoms with E-state index in [0.29, 0.717) is 9.90 Å². The number of hydrogen-bond acceptors (Lipinski definition) is 2. The fourth-order valence-corrected chi connectivity index (χ4v) is 1.20. The first-order valence-electron chi connectivity index (χ1n) is 3.08. The number of rotatable bonds is 0. The Hall–Kier alpha value is -0.840. The van der Waals surface area contributed by atoms with Gasteiger partial charge in [0.25, 0.3) is 0 Å². The van der Waals surface area contributed by atoms with E-state index in [0.717, 1.165) is 6.07 Å². The van der Waals surface area contributed by atoms with Crippen LogP contribution in [0.25, 0.3) is 0 Å². The molecule has 0 radical (unpaired) electrons. The molecule has 6 heteroatoms. The second-order valence-corrected chi connectivity index (χ2v) is 3.27. The lowest BCUT2D eigenvalue weighted by atomic mass is 10.1. The second-order valence-electron chi connectivity index (χ2n) is 2.16. The molecule has 1 aromatic rings. The van der Waals surface area contributed by atoms with Crippen LogP contribution in [0, 0.1) is 15.0 Å². The summed E-state index contributed by atoms with van der Waals surface area (Å²) >= 11 is 1.74. The molecule has 0 aliphatic rings. The quantitative estimate of drug-likeness (QED) is 0.545. The van der Waals surface area contributed by atoms with Gasteiger partial charge in [-0.3, -0.25) is 0 Å². The van der Waals surface area contributed by atoms with E-state index < -0.39 is 17.3 Å². The average Bonchev–Trinajstić information content (AvgIpc) is 2.01. The molecule has 0 spiro atoms. The lowest BCUT2D eigenvalue weighted by molar-refractivity contribution is -0.138. The van der Waals surface area contributed by atoms with Gasteiger partial charge in [-0.1, -0.05) is 0 Å². The number of halogens is 4. The number of nitriles is 1. The Labute approximate surface area is 85.5 Å². The summed E-state index contributed by atoms with van der Waals surface area (Å²) < 4.78 is 36.9. The first kappa shape index (κ1) is 10.2. The number of hydrogen-bond donors (Lipinski definition) is 0. The molecule has 0 N–H and O–H groups in total. The van der Waals surface area contributed by atoms with Crippen LogP contribution in [0.3, 0.4) is 0 Å². The molecule has 0 saturated carbocycles. The molecule has 0 bridgehead atoms. The Morgan fingerprint density at radius 1 is 1.46 bits per heavy atom. The average molecular weight is 298 g/mol. The summed E-state index contributed by atoms with van der Waals surface area (Å²) in [5.74, 6) is 0. The lowest BCUT2D eigenvalue weighted by Gasteiger charge is -2.07. The molecule has 13 heavy (non-hydrogen) atoms. The Morgan fingerprint density at radius 2 is 2.08 bits per heavy atom. The summed E-state index contributed by atoms with van der Waals surface area (Å²) in [6, 6.07) is 2.58. The first-order valence-corrected chi connectivity index (χ1v) is 4.16. The second kappa shape index (κ2) is 3.49. The van der Waals surface area contributed by atoms with E-state index in [1.165, 1.54) is 6.07 Å². The van der Waals surface area contributed by atoms with Crippen LogP contribution in [-0.2, 0) is 6.18 Å². The van der Waals surface area contributed by atoms with Gasteiger partial charge >= 0.3 is 6.18 Å². The van der Waals surface area contributed by atoms with Crippen molar-refractivity contribution < 1.29 is 13.2 Å². The van der Waals surface area contributed by atoms with Gasteiger partial charge in [-0.05, 0) is 28.7 Å². The Morgan fingerprint density at radius 3 is 2.54 bits per heavy atom. The summed E-state index contributed by atoms with van der Waals surface area (Å²) in [7, 11) is 0. The zero-order valence-corrected chi connectivity index (χ0v) is 8.22. The molecular weight excluding hydrogens is 296 g/mol. The Balaban J connectivity index is 3.32. The first-order chi connectivity index (χ1) is 5.95. The molecule has 0 aliphatic carbocycles. The molecule has 0 atom stereocenters. The monoisotopic (exact) mass is 298 g/mol. The molecule has 1 heterocycles. The van der Waals surface area contributed by atoms with Crippen molar-refractivity contribution in [3.63, 3.8) is 0 Å². The van der Waals surface area contributed by atoms with Gasteiger partial charge in [-0.15, -0.1) is 0 Å². The number of alkyl halides is 3. The van der Waals surface area contributed by atoms with Crippen LogP contribution in [0.2, 0.25) is 0 Å². The zero-order chi connectivity index (χ0) is 10.1. The van der Waals surface area contributed by atoms with Crippen LogP contribution < -0.4 is 0 Å². The maximum atomic E-state index is 12.2. The SMILES string of the molecule is N#Cc1cc(I)ncc1C(F)(F)F. The number of nitrogens with zero attached hydrogens (tertiary/aromatic N) is 2. The van der Waals surface area contributed by atoms with Crippen molar-refractivity contribution in [2.75, 3.05) is 0 Å². The predicted molar refractivity (Wildman–Crippen MR) is 46.7 cm³/mol.